The molecule has 1 heterocycles. The van der Waals surface area contributed by atoms with E-state index in [9.17, 15) is 10.2 Å². The van der Waals surface area contributed by atoms with E-state index in [2.05, 4.69) is 96.9 Å². The Morgan fingerprint density at radius 1 is 0.228 bits per heavy atom. The van der Waals surface area contributed by atoms with Crippen molar-refractivity contribution in [3.05, 3.63) is 0 Å². The monoisotopic (exact) mass is 1300 g/mol. The summed E-state index contributed by atoms with van der Waals surface area (Å²) in [4.78, 5) is 0. The number of aliphatic hydroxyl groups excluding tert-OH is 2. The van der Waals surface area contributed by atoms with Crippen molar-refractivity contribution in [3.63, 3.8) is 0 Å². The van der Waals surface area contributed by atoms with Gasteiger partial charge in [0.05, 0.1) is 26.4 Å². The smallest absolute Gasteiger partial charge is 0.104 e. The second-order valence-corrected chi connectivity index (χ2v) is 35.2. The first kappa shape index (κ1) is 86.0. The third kappa shape index (κ3) is 44.7. The molecule has 2 saturated carbocycles. The Kier molecular flexibility index (Phi) is 51.0. The Balaban J connectivity index is 1.34. The normalized spacial score (nSPS) is 38.3. The van der Waals surface area contributed by atoms with E-state index in [0.29, 0.717) is 36.9 Å². The van der Waals surface area contributed by atoms with Crippen LogP contribution in [0, 0.1) is 107 Å². The maximum absolute atomic E-state index is 10.1. The standard InChI is InChI=1S/C86H168O6/c1-67-25-15-27-69(3)31-19-35-75(9)53-57-89-65-85(63-87)91-59-55-77(11)40-24-44-82-50-52-84(62-82)80(14)42-22-38-74(8)48-46-72(6)34-18-30-68(2)26-16-28-70(4)32-20-36-76(10)54-58-90-66-86(64-88)92-60-56-78(12)39-23-43-81-49-51-83(61-81)79(13)41-21-37-73(7)47-45-71(5)33-17-29-67/h67-88H,15-66H2,1-14H3/t67-,68-,69+,70+,71-,72-,73-,74-,75+,76+,77+,78+,79+,80+,81?,82?,83?,84?,85?,86?/m0/s1. The van der Waals surface area contributed by atoms with Gasteiger partial charge in [0.25, 0.3) is 0 Å². The summed E-state index contributed by atoms with van der Waals surface area (Å²) in [6.07, 6.45) is 59.9. The molecule has 0 aromatic heterocycles. The highest BCUT2D eigenvalue weighted by Gasteiger charge is 2.30. The number of hydrogen-bond donors (Lipinski definition) is 2. The lowest BCUT2D eigenvalue weighted by molar-refractivity contribution is -0.0471. The number of hydrogen-bond acceptors (Lipinski definition) is 6. The van der Waals surface area contributed by atoms with Crippen LogP contribution in [0.5, 0.6) is 0 Å². The van der Waals surface area contributed by atoms with Crippen LogP contribution in [-0.2, 0) is 18.9 Å². The topological polar surface area (TPSA) is 77.4 Å². The zero-order valence-corrected chi connectivity index (χ0v) is 64.8. The molecule has 6 nitrogen and oxygen atoms in total. The summed E-state index contributed by atoms with van der Waals surface area (Å²) in [7, 11) is 0. The van der Waals surface area contributed by atoms with E-state index in [1.807, 2.05) is 0 Å². The number of aliphatic hydroxyl groups is 2. The lowest BCUT2D eigenvalue weighted by Crippen LogP contribution is -2.25. The van der Waals surface area contributed by atoms with E-state index >= 15 is 0 Å². The summed E-state index contributed by atoms with van der Waals surface area (Å²) in [6.45, 7) is 39.0. The SMILES string of the molecule is C[C@@H]1CCC[C@H](C)CCC[C@H](C)CC[C@@H](C)CCC[C@@H](C)C2CCC(CCC[C@@H](C)CCOC(CO)COCC[C@H](C)CCC[C@H](C)CCC[C@H](C)CCC[C@H](C)CC[C@@H](C)CCC[C@@H](C)C3CCC(CCC[C@@H](C)CCOC(CO)COCC[C@H](C)CCC1)C3)C2. The van der Waals surface area contributed by atoms with Crippen LogP contribution in [0.2, 0.25) is 0 Å². The zero-order valence-electron chi connectivity index (χ0n) is 64.8. The molecule has 0 radical (unpaired) electrons. The fraction of sp³-hybridized carbons (Fsp3) is 1.00. The summed E-state index contributed by atoms with van der Waals surface area (Å²) >= 11 is 0. The molecule has 20 atom stereocenters. The number of ether oxygens (including phenoxy) is 4. The molecule has 3 aliphatic rings. The fourth-order valence-corrected chi connectivity index (χ4v) is 17.3. The van der Waals surface area contributed by atoms with Crippen LogP contribution in [0.25, 0.3) is 0 Å². The Morgan fingerprint density at radius 2 is 0.446 bits per heavy atom. The Morgan fingerprint density at radius 3 is 0.707 bits per heavy atom. The van der Waals surface area contributed by atoms with E-state index in [4.69, 9.17) is 18.9 Å². The van der Waals surface area contributed by atoms with Gasteiger partial charge in [0.2, 0.25) is 0 Å². The quantitative estimate of drug-likeness (QED) is 0.287. The lowest BCUT2D eigenvalue weighted by Gasteiger charge is -2.21. The molecule has 92 heavy (non-hydrogen) atoms. The minimum Gasteiger partial charge on any atom is -0.394 e. The van der Waals surface area contributed by atoms with Crippen LogP contribution in [-0.4, -0.2) is 75.3 Å². The van der Waals surface area contributed by atoms with Gasteiger partial charge in [-0.2, -0.15) is 0 Å². The molecule has 6 heteroatoms. The first-order valence-electron chi connectivity index (χ1n) is 41.9. The third-order valence-corrected chi connectivity index (χ3v) is 25.2. The van der Waals surface area contributed by atoms with Crippen LogP contribution in [0.3, 0.4) is 0 Å². The highest BCUT2D eigenvalue weighted by atomic mass is 16.5. The number of fused-ring (bicyclic) bond motifs is 4. The summed E-state index contributed by atoms with van der Waals surface area (Å²) < 4.78 is 24.5. The van der Waals surface area contributed by atoms with Crippen molar-refractivity contribution in [2.45, 2.75) is 392 Å². The van der Waals surface area contributed by atoms with Crippen LogP contribution in [0.1, 0.15) is 379 Å². The first-order chi connectivity index (χ1) is 44.3. The molecule has 0 aromatic rings. The lowest BCUT2D eigenvalue weighted by atomic mass is 9.85. The van der Waals surface area contributed by atoms with Gasteiger partial charge in [-0.1, -0.05) is 328 Å². The van der Waals surface area contributed by atoms with Crippen molar-refractivity contribution < 1.29 is 29.2 Å². The van der Waals surface area contributed by atoms with E-state index < -0.39 is 0 Å². The van der Waals surface area contributed by atoms with Crippen molar-refractivity contribution in [2.75, 3.05) is 52.9 Å². The van der Waals surface area contributed by atoms with Gasteiger partial charge in [-0.15, -0.1) is 0 Å². The minimum atomic E-state index is -0.199. The van der Waals surface area contributed by atoms with E-state index in [1.165, 1.54) is 257 Å². The molecule has 3 rings (SSSR count). The predicted molar refractivity (Wildman–Crippen MR) is 401 cm³/mol. The zero-order chi connectivity index (χ0) is 67.1. The highest BCUT2D eigenvalue weighted by Crippen LogP contribution is 2.42. The van der Waals surface area contributed by atoms with Crippen LogP contribution < -0.4 is 0 Å². The van der Waals surface area contributed by atoms with Crippen LogP contribution in [0.15, 0.2) is 0 Å². The van der Waals surface area contributed by atoms with Crippen molar-refractivity contribution in [3.8, 4) is 0 Å². The van der Waals surface area contributed by atoms with Gasteiger partial charge in [0, 0.05) is 26.4 Å². The molecule has 4 bridgehead atoms. The van der Waals surface area contributed by atoms with Crippen LogP contribution in [0.4, 0.5) is 0 Å². The molecule has 0 amide bonds. The Hall–Kier alpha value is -0.240. The van der Waals surface area contributed by atoms with Gasteiger partial charge in [-0.05, 0) is 158 Å². The Bertz CT molecular complexity index is 1510. The fourth-order valence-electron chi connectivity index (χ4n) is 17.3. The third-order valence-electron chi connectivity index (χ3n) is 25.2. The molecule has 0 aromatic carbocycles. The molecule has 2 aliphatic carbocycles. The van der Waals surface area contributed by atoms with Crippen molar-refractivity contribution in [2.24, 2.45) is 107 Å². The highest BCUT2D eigenvalue weighted by molar-refractivity contribution is 4.82. The van der Waals surface area contributed by atoms with Crippen molar-refractivity contribution in [1.82, 2.24) is 0 Å². The van der Waals surface area contributed by atoms with E-state index in [-0.39, 0.29) is 25.4 Å². The van der Waals surface area contributed by atoms with Gasteiger partial charge in [-0.3, -0.25) is 0 Å². The molecule has 2 N–H and O–H groups in total. The van der Waals surface area contributed by atoms with Gasteiger partial charge in [0.1, 0.15) is 12.2 Å². The average Bonchev–Trinajstić information content (AvgIpc) is 3.22. The van der Waals surface area contributed by atoms with Gasteiger partial charge in [0.15, 0.2) is 0 Å². The van der Waals surface area contributed by atoms with Crippen molar-refractivity contribution >= 4 is 0 Å². The second kappa shape index (κ2) is 54.6. The molecule has 6 unspecified atom stereocenters. The number of rotatable bonds is 2. The van der Waals surface area contributed by atoms with Crippen LogP contribution >= 0.6 is 0 Å². The average molecular weight is 1300 g/mol. The molecule has 548 valence electrons. The first-order valence-corrected chi connectivity index (χ1v) is 41.9. The predicted octanol–water partition coefficient (Wildman–Crippen LogP) is 25.4. The maximum Gasteiger partial charge on any atom is 0.104 e. The molecule has 0 spiro atoms. The molecule has 1 saturated heterocycles. The molecular weight excluding hydrogens is 1130 g/mol. The van der Waals surface area contributed by atoms with Gasteiger partial charge >= 0.3 is 0 Å². The summed E-state index contributed by atoms with van der Waals surface area (Å²) in [5, 5.41) is 20.1. The minimum absolute atomic E-state index is 0.0468. The van der Waals surface area contributed by atoms with E-state index in [1.54, 1.807) is 0 Å². The second-order valence-electron chi connectivity index (χ2n) is 35.2. The largest absolute Gasteiger partial charge is 0.394 e. The van der Waals surface area contributed by atoms with Gasteiger partial charge < -0.3 is 29.2 Å². The summed E-state index contributed by atoms with van der Waals surface area (Å²) in [6, 6.07) is 0. The Labute approximate surface area is 577 Å². The maximum atomic E-state index is 10.1. The summed E-state index contributed by atoms with van der Waals surface area (Å²) in [5.74, 6) is 15.1. The van der Waals surface area contributed by atoms with E-state index in [0.717, 1.165) is 135 Å². The molecule has 1 aliphatic heterocycles. The molecule has 3 fully saturated rings. The van der Waals surface area contributed by atoms with Gasteiger partial charge in [-0.25, -0.2) is 0 Å². The molecular formula is C86H168O6. The summed E-state index contributed by atoms with van der Waals surface area (Å²) in [5.41, 5.74) is 0. The van der Waals surface area contributed by atoms with Crippen molar-refractivity contribution in [1.29, 1.82) is 0 Å².